The van der Waals surface area contributed by atoms with E-state index in [-0.39, 0.29) is 36.6 Å². The zero-order valence-electron chi connectivity index (χ0n) is 24.2. The van der Waals surface area contributed by atoms with Gasteiger partial charge >= 0.3 is 5.97 Å². The summed E-state index contributed by atoms with van der Waals surface area (Å²) in [5.41, 5.74) is 1.21. The van der Waals surface area contributed by atoms with Gasteiger partial charge in [0.2, 0.25) is 21.7 Å². The Hall–Kier alpha value is -4.41. The summed E-state index contributed by atoms with van der Waals surface area (Å²) in [6.07, 6.45) is 1.31. The first kappa shape index (κ1) is 33.9. The molecule has 1 atom stereocenters. The third-order valence-corrected chi connectivity index (χ3v) is 9.68. The number of rotatable bonds is 10. The number of hydrogen-bond acceptors (Lipinski definition) is 7. The monoisotopic (exact) mass is 739 g/mol. The largest absolute Gasteiger partial charge is 0.488 e. The zero-order chi connectivity index (χ0) is 34.0. The molecule has 0 saturated carbocycles. The SMILES string of the molecule is COC(=O)c1ccc(N(Cc2ccc(Br)cn2)C(=O)[C@H]2CCN2S(=O)(=O)c2c(F)c(F)c(F)c(F)c2F)cc1OCc1ccccc1. The van der Waals surface area contributed by atoms with E-state index in [1.165, 1.54) is 31.5 Å². The Bertz CT molecular complexity index is 1920. The molecule has 0 N–H and O–H groups in total. The molecule has 1 saturated heterocycles. The lowest BCUT2D eigenvalue weighted by Gasteiger charge is -2.41. The number of anilines is 1. The van der Waals surface area contributed by atoms with Gasteiger partial charge in [0, 0.05) is 29.0 Å². The molecular weight excluding hydrogens is 717 g/mol. The van der Waals surface area contributed by atoms with Gasteiger partial charge in [-0.25, -0.2) is 35.2 Å². The summed E-state index contributed by atoms with van der Waals surface area (Å²) in [4.78, 5) is 29.9. The van der Waals surface area contributed by atoms with E-state index in [9.17, 15) is 40.0 Å². The van der Waals surface area contributed by atoms with Crippen LogP contribution < -0.4 is 9.64 Å². The van der Waals surface area contributed by atoms with Crippen LogP contribution in [0.15, 0.2) is 76.2 Å². The average molecular weight is 741 g/mol. The van der Waals surface area contributed by atoms with Crippen LogP contribution in [0.4, 0.5) is 27.6 Å². The Morgan fingerprint density at radius 1 is 0.957 bits per heavy atom. The normalized spacial score (nSPS) is 14.7. The van der Waals surface area contributed by atoms with Crippen molar-refractivity contribution in [1.29, 1.82) is 0 Å². The molecule has 1 fully saturated rings. The summed E-state index contributed by atoms with van der Waals surface area (Å²) >= 11 is 3.27. The van der Waals surface area contributed by atoms with Crippen LogP contribution in [0.5, 0.6) is 5.75 Å². The second-order valence-electron chi connectivity index (χ2n) is 10.2. The van der Waals surface area contributed by atoms with E-state index >= 15 is 0 Å². The third kappa shape index (κ3) is 6.71. The molecular formula is C31H23BrF5N3O6S. The van der Waals surface area contributed by atoms with Gasteiger partial charge in [0.15, 0.2) is 28.2 Å². The predicted molar refractivity (Wildman–Crippen MR) is 160 cm³/mol. The van der Waals surface area contributed by atoms with Crippen molar-refractivity contribution >= 4 is 43.5 Å². The smallest absolute Gasteiger partial charge is 0.341 e. The van der Waals surface area contributed by atoms with Crippen LogP contribution >= 0.6 is 15.9 Å². The lowest BCUT2D eigenvalue weighted by atomic mass is 10.0. The quantitative estimate of drug-likeness (QED) is 0.0863. The van der Waals surface area contributed by atoms with Gasteiger partial charge in [0.05, 0.1) is 19.3 Å². The highest BCUT2D eigenvalue weighted by Crippen LogP contribution is 2.36. The molecule has 1 amide bonds. The van der Waals surface area contributed by atoms with Crippen LogP contribution in [0.1, 0.15) is 28.0 Å². The van der Waals surface area contributed by atoms with Gasteiger partial charge < -0.3 is 14.4 Å². The highest BCUT2D eigenvalue weighted by Gasteiger charge is 2.48. The number of aromatic nitrogens is 1. The summed E-state index contributed by atoms with van der Waals surface area (Å²) in [6.45, 7) is -0.683. The minimum Gasteiger partial charge on any atom is -0.488 e. The minimum atomic E-state index is -5.40. The summed E-state index contributed by atoms with van der Waals surface area (Å²) in [6, 6.07) is 14.6. The number of carbonyl (C=O) groups excluding carboxylic acids is 2. The fraction of sp³-hybridized carbons (Fsp3) is 0.194. The number of sulfonamides is 1. The van der Waals surface area contributed by atoms with Crippen LogP contribution in [-0.2, 0) is 32.7 Å². The highest BCUT2D eigenvalue weighted by molar-refractivity contribution is 9.10. The highest BCUT2D eigenvalue weighted by atomic mass is 79.9. The van der Waals surface area contributed by atoms with Gasteiger partial charge in [-0.1, -0.05) is 30.3 Å². The standard InChI is InChI=1S/C31H23BrF5N3O6S/c1-45-31(42)21-10-9-20(13-23(21)46-16-17-5-3-2-4-6-17)39(15-19-8-7-18(32)14-38-19)30(41)22-11-12-40(22)47(43,44)29-27(36)25(34)24(33)26(35)28(29)37/h2-10,13-14,22H,11-12,15-16H2,1H3/t22-/m1/s1. The summed E-state index contributed by atoms with van der Waals surface area (Å²) in [7, 11) is -4.23. The third-order valence-electron chi connectivity index (χ3n) is 7.29. The molecule has 1 aliphatic rings. The number of esters is 1. The molecule has 47 heavy (non-hydrogen) atoms. The Morgan fingerprint density at radius 2 is 1.62 bits per heavy atom. The van der Waals surface area contributed by atoms with E-state index < -0.39 is 68.5 Å². The van der Waals surface area contributed by atoms with Crippen molar-refractivity contribution in [1.82, 2.24) is 9.29 Å². The average Bonchev–Trinajstić information content (AvgIpc) is 3.04. The van der Waals surface area contributed by atoms with E-state index in [1.54, 1.807) is 42.5 Å². The Morgan fingerprint density at radius 3 is 2.19 bits per heavy atom. The topological polar surface area (TPSA) is 106 Å². The first-order valence-electron chi connectivity index (χ1n) is 13.7. The summed E-state index contributed by atoms with van der Waals surface area (Å²) in [5.74, 6) is -14.1. The second-order valence-corrected chi connectivity index (χ2v) is 12.9. The predicted octanol–water partition coefficient (Wildman–Crippen LogP) is 5.90. The van der Waals surface area contributed by atoms with Crippen molar-refractivity contribution in [3.63, 3.8) is 0 Å². The van der Waals surface area contributed by atoms with Crippen molar-refractivity contribution in [2.24, 2.45) is 0 Å². The molecule has 3 aromatic carbocycles. The molecule has 1 aromatic heterocycles. The molecule has 246 valence electrons. The summed E-state index contributed by atoms with van der Waals surface area (Å²) < 4.78 is 109. The number of halogens is 6. The van der Waals surface area contributed by atoms with Crippen LogP contribution in [0, 0.1) is 29.1 Å². The number of pyridine rings is 1. The van der Waals surface area contributed by atoms with E-state index in [4.69, 9.17) is 9.47 Å². The van der Waals surface area contributed by atoms with E-state index in [2.05, 4.69) is 20.9 Å². The maximum Gasteiger partial charge on any atom is 0.341 e. The van der Waals surface area contributed by atoms with Crippen molar-refractivity contribution in [3.8, 4) is 5.75 Å². The van der Waals surface area contributed by atoms with Crippen LogP contribution in [0.2, 0.25) is 0 Å². The van der Waals surface area contributed by atoms with E-state index in [0.29, 0.717) is 14.5 Å². The number of carbonyl (C=O) groups is 2. The first-order chi connectivity index (χ1) is 22.3. The Balaban J connectivity index is 1.54. The molecule has 0 aliphatic carbocycles. The van der Waals surface area contributed by atoms with Gasteiger partial charge in [0.1, 0.15) is 24.0 Å². The second kappa shape index (κ2) is 13.8. The number of ether oxygens (including phenoxy) is 2. The molecule has 16 heteroatoms. The number of methoxy groups -OCH3 is 1. The maximum absolute atomic E-state index is 14.6. The van der Waals surface area contributed by atoms with Crippen LogP contribution in [-0.4, -0.2) is 49.3 Å². The summed E-state index contributed by atoms with van der Waals surface area (Å²) in [5, 5.41) is 0. The van der Waals surface area contributed by atoms with Crippen molar-refractivity contribution in [3.05, 3.63) is 117 Å². The van der Waals surface area contributed by atoms with Crippen molar-refractivity contribution in [2.75, 3.05) is 18.6 Å². The Kier molecular flexibility index (Phi) is 9.93. The fourth-order valence-corrected chi connectivity index (χ4v) is 6.75. The molecule has 1 aliphatic heterocycles. The molecule has 0 spiro atoms. The number of hydrogen-bond donors (Lipinski definition) is 0. The van der Waals surface area contributed by atoms with Crippen LogP contribution in [0.3, 0.4) is 0 Å². The lowest BCUT2D eigenvalue weighted by molar-refractivity contribution is -0.125. The van der Waals surface area contributed by atoms with Crippen LogP contribution in [0.25, 0.3) is 0 Å². The van der Waals surface area contributed by atoms with Gasteiger partial charge in [-0.2, -0.15) is 4.31 Å². The van der Waals surface area contributed by atoms with Gasteiger partial charge in [-0.15, -0.1) is 0 Å². The van der Waals surface area contributed by atoms with Crippen molar-refractivity contribution < 1.29 is 49.4 Å². The zero-order valence-corrected chi connectivity index (χ0v) is 26.6. The molecule has 4 aromatic rings. The lowest BCUT2D eigenvalue weighted by Crippen LogP contribution is -2.59. The van der Waals surface area contributed by atoms with Gasteiger partial charge in [-0.3, -0.25) is 9.78 Å². The molecule has 9 nitrogen and oxygen atoms in total. The number of nitrogens with zero attached hydrogens (tertiary/aromatic N) is 3. The van der Waals surface area contributed by atoms with Gasteiger partial charge in [-0.05, 0) is 52.2 Å². The molecule has 0 radical (unpaired) electrons. The maximum atomic E-state index is 14.6. The minimum absolute atomic E-state index is 0.0132. The van der Waals surface area contributed by atoms with Crippen molar-refractivity contribution in [2.45, 2.75) is 30.5 Å². The van der Waals surface area contributed by atoms with E-state index in [1.807, 2.05) is 0 Å². The Labute approximate surface area is 273 Å². The fourth-order valence-electron chi connectivity index (χ4n) is 4.78. The molecule has 5 rings (SSSR count). The molecule has 0 bridgehead atoms. The first-order valence-corrected chi connectivity index (χ1v) is 15.9. The number of amides is 1. The molecule has 2 heterocycles. The molecule has 0 unspecified atom stereocenters. The van der Waals surface area contributed by atoms with E-state index in [0.717, 1.165) is 10.5 Å². The van der Waals surface area contributed by atoms with Gasteiger partial charge in [0.25, 0.3) is 0 Å². The number of benzene rings is 3.